The van der Waals surface area contributed by atoms with Crippen molar-refractivity contribution in [1.82, 2.24) is 0 Å². The van der Waals surface area contributed by atoms with Gasteiger partial charge in [-0.15, -0.1) is 0 Å². The van der Waals surface area contributed by atoms with Crippen molar-refractivity contribution in [3.05, 3.63) is 0 Å². The van der Waals surface area contributed by atoms with Crippen LogP contribution in [0.5, 0.6) is 0 Å². The van der Waals surface area contributed by atoms with Crippen LogP contribution in [0.25, 0.3) is 0 Å². The normalized spacial score (nSPS) is 39.4. The van der Waals surface area contributed by atoms with Gasteiger partial charge in [-0.2, -0.15) is 0 Å². The van der Waals surface area contributed by atoms with Crippen molar-refractivity contribution in [2.45, 2.75) is 70.5 Å². The van der Waals surface area contributed by atoms with Crippen LogP contribution in [-0.2, 0) is 4.74 Å². The van der Waals surface area contributed by atoms with E-state index in [-0.39, 0.29) is 6.10 Å². The van der Waals surface area contributed by atoms with Gasteiger partial charge in [-0.25, -0.2) is 0 Å². The molecule has 2 aliphatic carbocycles. The average Bonchev–Trinajstić information content (AvgIpc) is 2.33. The second-order valence-electron chi connectivity index (χ2n) is 5.52. The largest absolute Gasteiger partial charge is 0.393 e. The van der Waals surface area contributed by atoms with Crippen LogP contribution in [0.3, 0.4) is 0 Å². The van der Waals surface area contributed by atoms with Crippen LogP contribution in [0, 0.1) is 11.8 Å². The molecule has 2 saturated carbocycles. The van der Waals surface area contributed by atoms with Gasteiger partial charge in [0, 0.05) is 6.61 Å². The predicted octanol–water partition coefficient (Wildman–Crippen LogP) is 3.13. The van der Waals surface area contributed by atoms with E-state index in [1.807, 2.05) is 0 Å². The lowest BCUT2D eigenvalue weighted by Crippen LogP contribution is -2.43. The van der Waals surface area contributed by atoms with Gasteiger partial charge in [0.15, 0.2) is 0 Å². The van der Waals surface area contributed by atoms with E-state index >= 15 is 0 Å². The average molecular weight is 226 g/mol. The predicted molar refractivity (Wildman–Crippen MR) is 65.3 cm³/mol. The Hall–Kier alpha value is -0.0800. The van der Waals surface area contributed by atoms with E-state index in [4.69, 9.17) is 4.74 Å². The van der Waals surface area contributed by atoms with Crippen molar-refractivity contribution < 1.29 is 9.84 Å². The quantitative estimate of drug-likeness (QED) is 0.746. The van der Waals surface area contributed by atoms with Crippen LogP contribution in [0.4, 0.5) is 0 Å². The molecule has 0 radical (unpaired) electrons. The molecule has 0 aromatic heterocycles. The molecule has 0 heterocycles. The molecule has 0 saturated heterocycles. The molecule has 0 unspecified atom stereocenters. The van der Waals surface area contributed by atoms with Crippen LogP contribution >= 0.6 is 0 Å². The summed E-state index contributed by atoms with van der Waals surface area (Å²) in [5.41, 5.74) is 0. The lowest BCUT2D eigenvalue weighted by atomic mass is 9.68. The van der Waals surface area contributed by atoms with E-state index in [9.17, 15) is 5.11 Å². The Morgan fingerprint density at radius 1 is 1.06 bits per heavy atom. The molecule has 0 aliphatic heterocycles. The Morgan fingerprint density at radius 2 is 1.81 bits per heavy atom. The number of hydrogen-bond acceptors (Lipinski definition) is 2. The Morgan fingerprint density at radius 3 is 2.56 bits per heavy atom. The first-order chi connectivity index (χ1) is 7.83. The molecule has 4 atom stereocenters. The zero-order chi connectivity index (χ0) is 11.4. The fourth-order valence-electron chi connectivity index (χ4n) is 3.48. The molecule has 2 fully saturated rings. The fraction of sp³-hybridized carbons (Fsp3) is 1.00. The van der Waals surface area contributed by atoms with Gasteiger partial charge in [-0.3, -0.25) is 0 Å². The first-order valence-electron chi connectivity index (χ1n) is 7.12. The van der Waals surface area contributed by atoms with Gasteiger partial charge in [-0.1, -0.05) is 26.2 Å². The standard InChI is InChI=1S/C14H26O2/c1-2-3-10-16-14-9-8-13(15)11-6-4-5-7-12(11)14/h11-15H,2-10H2,1H3/t11-,12-,13+,14+/m0/s1. The number of aliphatic hydroxyl groups excluding tert-OH is 1. The van der Waals surface area contributed by atoms with E-state index in [1.165, 1.54) is 38.5 Å². The van der Waals surface area contributed by atoms with E-state index in [2.05, 4.69) is 6.92 Å². The highest BCUT2D eigenvalue weighted by atomic mass is 16.5. The summed E-state index contributed by atoms with van der Waals surface area (Å²) < 4.78 is 6.03. The lowest BCUT2D eigenvalue weighted by Gasteiger charge is -2.43. The minimum Gasteiger partial charge on any atom is -0.393 e. The summed E-state index contributed by atoms with van der Waals surface area (Å²) in [6.45, 7) is 3.12. The summed E-state index contributed by atoms with van der Waals surface area (Å²) in [6, 6.07) is 0. The zero-order valence-corrected chi connectivity index (χ0v) is 10.5. The second kappa shape index (κ2) is 6.02. The maximum absolute atomic E-state index is 10.0. The number of unbranched alkanes of at least 4 members (excludes halogenated alkanes) is 1. The van der Waals surface area contributed by atoms with E-state index in [1.54, 1.807) is 0 Å². The number of ether oxygens (including phenoxy) is 1. The van der Waals surface area contributed by atoms with Crippen LogP contribution in [-0.4, -0.2) is 23.9 Å². The zero-order valence-electron chi connectivity index (χ0n) is 10.5. The van der Waals surface area contributed by atoms with Crippen molar-refractivity contribution in [2.24, 2.45) is 11.8 Å². The van der Waals surface area contributed by atoms with Crippen molar-refractivity contribution >= 4 is 0 Å². The topological polar surface area (TPSA) is 29.5 Å². The number of fused-ring (bicyclic) bond motifs is 1. The Kier molecular flexibility index (Phi) is 4.66. The Bertz CT molecular complexity index is 205. The van der Waals surface area contributed by atoms with Gasteiger partial charge in [0.05, 0.1) is 12.2 Å². The van der Waals surface area contributed by atoms with Crippen molar-refractivity contribution in [3.8, 4) is 0 Å². The highest BCUT2D eigenvalue weighted by Crippen LogP contribution is 2.41. The molecule has 2 rings (SSSR count). The first-order valence-corrected chi connectivity index (χ1v) is 7.12. The summed E-state index contributed by atoms with van der Waals surface area (Å²) >= 11 is 0. The van der Waals surface area contributed by atoms with Crippen LogP contribution in [0.15, 0.2) is 0 Å². The van der Waals surface area contributed by atoms with Crippen LogP contribution in [0.2, 0.25) is 0 Å². The third-order valence-electron chi connectivity index (χ3n) is 4.42. The Balaban J connectivity index is 1.87. The molecular weight excluding hydrogens is 200 g/mol. The highest BCUT2D eigenvalue weighted by molar-refractivity contribution is 4.90. The van der Waals surface area contributed by atoms with Crippen LogP contribution in [0.1, 0.15) is 58.3 Å². The smallest absolute Gasteiger partial charge is 0.0607 e. The third kappa shape index (κ3) is 2.78. The first kappa shape index (κ1) is 12.4. The maximum Gasteiger partial charge on any atom is 0.0607 e. The molecular formula is C14H26O2. The van der Waals surface area contributed by atoms with Crippen molar-refractivity contribution in [3.63, 3.8) is 0 Å². The molecule has 0 bridgehead atoms. The maximum atomic E-state index is 10.0. The molecule has 2 aliphatic rings. The minimum atomic E-state index is -0.0451. The molecule has 0 aromatic carbocycles. The summed E-state index contributed by atoms with van der Waals surface area (Å²) in [7, 11) is 0. The summed E-state index contributed by atoms with van der Waals surface area (Å²) in [5, 5.41) is 10.0. The molecule has 0 aromatic rings. The monoisotopic (exact) mass is 226 g/mol. The second-order valence-corrected chi connectivity index (χ2v) is 5.52. The van der Waals surface area contributed by atoms with Crippen LogP contribution < -0.4 is 0 Å². The van der Waals surface area contributed by atoms with Gasteiger partial charge in [0.25, 0.3) is 0 Å². The van der Waals surface area contributed by atoms with Gasteiger partial charge in [0.1, 0.15) is 0 Å². The molecule has 0 amide bonds. The Labute approximate surface area is 99.4 Å². The fourth-order valence-corrected chi connectivity index (χ4v) is 3.48. The molecule has 2 heteroatoms. The molecule has 1 N–H and O–H groups in total. The minimum absolute atomic E-state index is 0.0451. The van der Waals surface area contributed by atoms with Gasteiger partial charge in [0.2, 0.25) is 0 Å². The van der Waals surface area contributed by atoms with Gasteiger partial charge in [-0.05, 0) is 43.9 Å². The summed E-state index contributed by atoms with van der Waals surface area (Å²) in [5.74, 6) is 1.18. The third-order valence-corrected chi connectivity index (χ3v) is 4.42. The molecule has 94 valence electrons. The van der Waals surface area contributed by atoms with Crippen molar-refractivity contribution in [1.29, 1.82) is 0 Å². The van der Waals surface area contributed by atoms with E-state index in [0.29, 0.717) is 17.9 Å². The van der Waals surface area contributed by atoms with E-state index in [0.717, 1.165) is 19.4 Å². The summed E-state index contributed by atoms with van der Waals surface area (Å²) in [6.07, 6.45) is 9.96. The highest BCUT2D eigenvalue weighted by Gasteiger charge is 2.40. The molecule has 16 heavy (non-hydrogen) atoms. The number of aliphatic hydroxyl groups is 1. The molecule has 2 nitrogen and oxygen atoms in total. The van der Waals surface area contributed by atoms with E-state index < -0.39 is 0 Å². The van der Waals surface area contributed by atoms with Gasteiger partial charge < -0.3 is 9.84 Å². The SMILES string of the molecule is CCCCO[C@@H]1CC[C@@H](O)[C@H]2CCCC[C@@H]21. The number of hydrogen-bond donors (Lipinski definition) is 1. The summed E-state index contributed by atoms with van der Waals surface area (Å²) in [4.78, 5) is 0. The lowest BCUT2D eigenvalue weighted by molar-refractivity contribution is -0.0925. The molecule has 0 spiro atoms. The number of rotatable bonds is 4. The van der Waals surface area contributed by atoms with Gasteiger partial charge >= 0.3 is 0 Å². The van der Waals surface area contributed by atoms with Crippen molar-refractivity contribution in [2.75, 3.05) is 6.61 Å².